The fourth-order valence-electron chi connectivity index (χ4n) is 5.81. The highest BCUT2D eigenvalue weighted by Crippen LogP contribution is 2.46. The van der Waals surface area contributed by atoms with Crippen LogP contribution in [0.5, 0.6) is 5.88 Å². The van der Waals surface area contributed by atoms with Gasteiger partial charge < -0.3 is 14.6 Å². The third-order valence-corrected chi connectivity index (χ3v) is 8.30. The van der Waals surface area contributed by atoms with Gasteiger partial charge in [-0.05, 0) is 69.1 Å². The van der Waals surface area contributed by atoms with Crippen LogP contribution in [0.2, 0.25) is 0 Å². The molecule has 2 atom stereocenters. The number of hydrogen-bond donors (Lipinski definition) is 1. The minimum atomic E-state index is -0.732. The molecule has 2 unspecified atom stereocenters. The molecule has 1 aliphatic heterocycles. The second-order valence-electron chi connectivity index (χ2n) is 11.3. The fourth-order valence-corrected chi connectivity index (χ4v) is 5.81. The van der Waals surface area contributed by atoms with E-state index in [4.69, 9.17) is 9.47 Å². The van der Waals surface area contributed by atoms with Crippen molar-refractivity contribution < 1.29 is 19.4 Å². The number of hydrogen-bond acceptors (Lipinski definition) is 8. The number of fused-ring (bicyclic) bond motifs is 1. The molecule has 0 aromatic carbocycles. The van der Waals surface area contributed by atoms with Crippen LogP contribution in [0, 0.1) is 25.7 Å². The van der Waals surface area contributed by atoms with E-state index in [0.29, 0.717) is 49.3 Å². The molecule has 39 heavy (non-hydrogen) atoms. The van der Waals surface area contributed by atoms with Gasteiger partial charge in [0.05, 0.1) is 12.2 Å². The maximum Gasteiger partial charge on any atom is 0.338 e. The number of aromatic nitrogens is 5. The highest BCUT2D eigenvalue weighted by Gasteiger charge is 2.48. The van der Waals surface area contributed by atoms with Gasteiger partial charge >= 0.3 is 5.97 Å². The molecule has 1 saturated carbocycles. The first kappa shape index (κ1) is 27.1. The van der Waals surface area contributed by atoms with E-state index < -0.39 is 11.6 Å². The normalized spacial score (nSPS) is 21.0. The van der Waals surface area contributed by atoms with E-state index in [0.717, 1.165) is 49.1 Å². The molecule has 3 aromatic heterocycles. The van der Waals surface area contributed by atoms with Crippen molar-refractivity contribution in [3.63, 3.8) is 0 Å². The molecule has 1 N–H and O–H groups in total. The van der Waals surface area contributed by atoms with Gasteiger partial charge in [-0.25, -0.2) is 19.3 Å². The Balaban J connectivity index is 1.35. The van der Waals surface area contributed by atoms with E-state index in [1.165, 1.54) is 0 Å². The molecule has 1 fully saturated rings. The maximum absolute atomic E-state index is 13.4. The first-order chi connectivity index (χ1) is 18.8. The van der Waals surface area contributed by atoms with Crippen molar-refractivity contribution in [3.05, 3.63) is 58.5 Å². The highest BCUT2D eigenvalue weighted by atomic mass is 16.6. The van der Waals surface area contributed by atoms with Crippen molar-refractivity contribution >= 4 is 11.7 Å². The van der Waals surface area contributed by atoms with E-state index in [1.54, 1.807) is 10.7 Å². The molecular formula is C30H39N5O4. The standard InChI is InChI=1S/C30H39N5O4/c1-5-19(2)18-38-27-15-22(11-13-31-27)10-12-30(23-8-6-7-9-23)17-25(36)24(28(37)39-30)16-26-33-29-32-20(3)14-21(4)35(29)34-26/h11,13-15,19,23,36H,5-10,12,16-18H2,1-4H3. The lowest BCUT2D eigenvalue weighted by molar-refractivity contribution is -0.167. The number of rotatable bonds is 10. The number of ether oxygens (including phenoxy) is 2. The van der Waals surface area contributed by atoms with Gasteiger partial charge in [0, 0.05) is 36.5 Å². The lowest BCUT2D eigenvalue weighted by Crippen LogP contribution is -2.46. The van der Waals surface area contributed by atoms with Crippen molar-refractivity contribution in [1.29, 1.82) is 0 Å². The van der Waals surface area contributed by atoms with Crippen LogP contribution in [0.4, 0.5) is 0 Å². The van der Waals surface area contributed by atoms with Gasteiger partial charge in [0.15, 0.2) is 5.82 Å². The molecule has 1 aliphatic carbocycles. The van der Waals surface area contributed by atoms with Crippen molar-refractivity contribution in [3.8, 4) is 5.88 Å². The van der Waals surface area contributed by atoms with Crippen LogP contribution < -0.4 is 4.74 Å². The summed E-state index contributed by atoms with van der Waals surface area (Å²) in [6.07, 6.45) is 8.78. The second-order valence-corrected chi connectivity index (χ2v) is 11.3. The van der Waals surface area contributed by atoms with Gasteiger partial charge in [-0.15, -0.1) is 5.10 Å². The molecule has 4 heterocycles. The molecule has 0 amide bonds. The summed E-state index contributed by atoms with van der Waals surface area (Å²) in [5.41, 5.74) is 2.34. The lowest BCUT2D eigenvalue weighted by atomic mass is 9.76. The van der Waals surface area contributed by atoms with E-state index >= 15 is 0 Å². The van der Waals surface area contributed by atoms with Gasteiger partial charge in [0.1, 0.15) is 11.4 Å². The Kier molecular flexibility index (Phi) is 7.86. The maximum atomic E-state index is 13.4. The highest BCUT2D eigenvalue weighted by molar-refractivity contribution is 5.90. The first-order valence-corrected chi connectivity index (χ1v) is 14.2. The summed E-state index contributed by atoms with van der Waals surface area (Å²) in [5.74, 6) is 1.83. The monoisotopic (exact) mass is 533 g/mol. The SMILES string of the molecule is CCC(C)COc1cc(CCC2(C3CCCC3)CC(O)=C(Cc3nc4nc(C)cc(C)n4n3)C(=O)O2)ccn1. The van der Waals surface area contributed by atoms with Crippen molar-refractivity contribution in [2.45, 2.75) is 91.1 Å². The summed E-state index contributed by atoms with van der Waals surface area (Å²) in [6, 6.07) is 5.89. The Hall–Kier alpha value is -3.49. The van der Waals surface area contributed by atoms with E-state index in [9.17, 15) is 9.90 Å². The molecule has 2 aliphatic rings. The minimum Gasteiger partial charge on any atom is -0.512 e. The van der Waals surface area contributed by atoms with E-state index in [2.05, 4.69) is 33.9 Å². The van der Waals surface area contributed by atoms with Gasteiger partial charge in [0.2, 0.25) is 5.88 Å². The number of aryl methyl sites for hydroxylation is 3. The Labute approximate surface area is 229 Å². The van der Waals surface area contributed by atoms with Crippen LogP contribution in [0.15, 0.2) is 35.7 Å². The first-order valence-electron chi connectivity index (χ1n) is 14.2. The zero-order chi connectivity index (χ0) is 27.6. The van der Waals surface area contributed by atoms with Crippen molar-refractivity contribution in [2.75, 3.05) is 6.61 Å². The van der Waals surface area contributed by atoms with Crippen LogP contribution in [0.3, 0.4) is 0 Å². The zero-order valence-electron chi connectivity index (χ0n) is 23.4. The van der Waals surface area contributed by atoms with Gasteiger partial charge in [-0.1, -0.05) is 33.1 Å². The molecule has 9 heteroatoms. The molecule has 9 nitrogen and oxygen atoms in total. The van der Waals surface area contributed by atoms with Crippen LogP contribution >= 0.6 is 0 Å². The predicted octanol–water partition coefficient (Wildman–Crippen LogP) is 5.42. The van der Waals surface area contributed by atoms with E-state index in [1.807, 2.05) is 32.0 Å². The third kappa shape index (κ3) is 5.92. The van der Waals surface area contributed by atoms with Gasteiger partial charge in [-0.3, -0.25) is 0 Å². The molecule has 0 bridgehead atoms. The summed E-state index contributed by atoms with van der Waals surface area (Å²) in [4.78, 5) is 26.7. The number of carbonyl (C=O) groups excluding carboxylic acids is 1. The summed E-state index contributed by atoms with van der Waals surface area (Å²) >= 11 is 0. The summed E-state index contributed by atoms with van der Waals surface area (Å²) < 4.78 is 13.8. The molecular weight excluding hydrogens is 494 g/mol. The number of carbonyl (C=O) groups is 1. The van der Waals surface area contributed by atoms with Crippen LogP contribution in [-0.4, -0.2) is 47.8 Å². The molecule has 0 radical (unpaired) electrons. The molecule has 0 saturated heterocycles. The smallest absolute Gasteiger partial charge is 0.338 e. The Morgan fingerprint density at radius 1 is 1.23 bits per heavy atom. The lowest BCUT2D eigenvalue weighted by Gasteiger charge is -2.41. The fraction of sp³-hybridized carbons (Fsp3) is 0.567. The number of aliphatic hydroxyl groups is 1. The summed E-state index contributed by atoms with van der Waals surface area (Å²) in [5, 5.41) is 15.7. The average molecular weight is 534 g/mol. The molecule has 208 valence electrons. The van der Waals surface area contributed by atoms with E-state index in [-0.39, 0.29) is 23.7 Å². The molecule has 0 spiro atoms. The van der Waals surface area contributed by atoms with Gasteiger partial charge in [0.25, 0.3) is 5.78 Å². The van der Waals surface area contributed by atoms with Crippen molar-refractivity contribution in [2.24, 2.45) is 11.8 Å². The predicted molar refractivity (Wildman–Crippen MR) is 147 cm³/mol. The number of aliphatic hydroxyl groups excluding tert-OH is 1. The molecule has 5 rings (SSSR count). The average Bonchev–Trinajstić information content (AvgIpc) is 3.59. The second kappa shape index (κ2) is 11.3. The minimum absolute atomic E-state index is 0.0881. The van der Waals surface area contributed by atoms with Crippen molar-refractivity contribution in [1.82, 2.24) is 24.6 Å². The number of cyclic esters (lactones) is 1. The zero-order valence-corrected chi connectivity index (χ0v) is 23.4. The quantitative estimate of drug-likeness (QED) is 0.344. The number of nitrogens with zero attached hydrogens (tertiary/aromatic N) is 5. The van der Waals surface area contributed by atoms with Gasteiger partial charge in [-0.2, -0.15) is 4.98 Å². The summed E-state index contributed by atoms with van der Waals surface area (Å²) in [6.45, 7) is 8.78. The number of esters is 1. The Morgan fingerprint density at radius 3 is 2.77 bits per heavy atom. The van der Waals surface area contributed by atoms with Crippen LogP contribution in [-0.2, 0) is 22.4 Å². The third-order valence-electron chi connectivity index (χ3n) is 8.30. The Bertz CT molecular complexity index is 1380. The largest absolute Gasteiger partial charge is 0.512 e. The van der Waals surface area contributed by atoms with Crippen LogP contribution in [0.1, 0.15) is 81.6 Å². The topological polar surface area (TPSA) is 112 Å². The Morgan fingerprint density at radius 2 is 2.03 bits per heavy atom. The molecule has 3 aromatic rings. The summed E-state index contributed by atoms with van der Waals surface area (Å²) in [7, 11) is 0. The number of pyridine rings is 1. The van der Waals surface area contributed by atoms with Crippen LogP contribution in [0.25, 0.3) is 5.78 Å².